The van der Waals surface area contributed by atoms with E-state index < -0.39 is 14.8 Å². The van der Waals surface area contributed by atoms with Gasteiger partial charge in [0.15, 0.2) is 0 Å². The quantitative estimate of drug-likeness (QED) is 0.234. The first-order valence-electron chi connectivity index (χ1n) is 14.3. The molecule has 0 spiro atoms. The highest BCUT2D eigenvalue weighted by Gasteiger charge is 2.42. The van der Waals surface area contributed by atoms with Gasteiger partial charge in [-0.05, 0) is 69.8 Å². The fourth-order valence-corrected chi connectivity index (χ4v) is 7.43. The van der Waals surface area contributed by atoms with Gasteiger partial charge >= 0.3 is 0 Å². The second kappa shape index (κ2) is 11.3. The molecule has 214 valence electrons. The van der Waals surface area contributed by atoms with Crippen molar-refractivity contribution in [1.29, 1.82) is 0 Å². The Morgan fingerprint density at radius 2 is 1.76 bits per heavy atom. The van der Waals surface area contributed by atoms with Crippen LogP contribution in [0.4, 0.5) is 11.5 Å². The van der Waals surface area contributed by atoms with Gasteiger partial charge in [0.2, 0.25) is 15.9 Å². The molecule has 1 unspecified atom stereocenters. The Balaban J connectivity index is 1.33. The number of nitrogens with zero attached hydrogens (tertiary/aromatic N) is 3. The van der Waals surface area contributed by atoms with Crippen LogP contribution in [0.3, 0.4) is 0 Å². The van der Waals surface area contributed by atoms with Crippen LogP contribution in [-0.4, -0.2) is 47.2 Å². The summed E-state index contributed by atoms with van der Waals surface area (Å²) >= 11 is 0. The van der Waals surface area contributed by atoms with Gasteiger partial charge in [0.25, 0.3) is 0 Å². The number of rotatable bonds is 8. The van der Waals surface area contributed by atoms with Crippen LogP contribution in [0.25, 0.3) is 22.0 Å². The van der Waals surface area contributed by atoms with Gasteiger partial charge in [-0.1, -0.05) is 37.1 Å². The van der Waals surface area contributed by atoms with E-state index in [-0.39, 0.29) is 0 Å². The molecule has 0 amide bonds. The van der Waals surface area contributed by atoms with E-state index in [9.17, 15) is 8.42 Å². The molecule has 3 N–H and O–H groups in total. The molecule has 1 saturated carbocycles. The number of hydrogen-bond acceptors (Lipinski definition) is 8. The zero-order valence-corrected chi connectivity index (χ0v) is 24.3. The van der Waals surface area contributed by atoms with Crippen LogP contribution in [0.15, 0.2) is 61.1 Å². The molecule has 3 heterocycles. The lowest BCUT2D eigenvalue weighted by atomic mass is 10.0. The summed E-state index contributed by atoms with van der Waals surface area (Å²) < 4.78 is 35.5. The standard InChI is InChI=1S/C31H36N6O3S/c1-21-18-26(37-41(38,39)31(2)12-5-6-13-31)24-9-3-4-10-25(24)29(21)40-30-28(34-16-17-35-30)22-11-15-33-27(19-22)36-23-8-7-14-32-20-23/h3-4,9-11,15-19,23,32,37H,5-8,12-14,20H2,1-2H3,(H,33,36). The van der Waals surface area contributed by atoms with E-state index >= 15 is 0 Å². The van der Waals surface area contributed by atoms with Crippen molar-refractivity contribution in [2.75, 3.05) is 23.1 Å². The number of ether oxygens (including phenoxy) is 1. The van der Waals surface area contributed by atoms with E-state index in [2.05, 4.69) is 30.3 Å². The largest absolute Gasteiger partial charge is 0.436 e. The number of piperidine rings is 1. The summed E-state index contributed by atoms with van der Waals surface area (Å²) in [6, 6.07) is 13.7. The number of fused-ring (bicyclic) bond motifs is 1. The second-order valence-corrected chi connectivity index (χ2v) is 13.5. The number of sulfonamides is 1. The zero-order chi connectivity index (χ0) is 28.5. The molecule has 41 heavy (non-hydrogen) atoms. The van der Waals surface area contributed by atoms with Gasteiger partial charge in [0.05, 0.1) is 10.4 Å². The van der Waals surface area contributed by atoms with Gasteiger partial charge in [-0.3, -0.25) is 4.72 Å². The Bertz CT molecular complexity index is 1660. The highest BCUT2D eigenvalue weighted by Crippen LogP contribution is 2.42. The van der Waals surface area contributed by atoms with Gasteiger partial charge in [-0.15, -0.1) is 0 Å². The third-order valence-corrected chi connectivity index (χ3v) is 10.5. The number of benzene rings is 2. The van der Waals surface area contributed by atoms with Crippen LogP contribution in [0, 0.1) is 6.92 Å². The number of anilines is 2. The first kappa shape index (κ1) is 27.4. The summed E-state index contributed by atoms with van der Waals surface area (Å²) in [6.07, 6.45) is 10.4. The summed E-state index contributed by atoms with van der Waals surface area (Å²) in [5, 5.41) is 8.50. The molecular formula is C31H36N6O3S. The third kappa shape index (κ3) is 5.58. The number of hydrogen-bond donors (Lipinski definition) is 3. The minimum Gasteiger partial charge on any atom is -0.436 e. The molecule has 0 radical (unpaired) electrons. The van der Waals surface area contributed by atoms with Crippen molar-refractivity contribution < 1.29 is 13.2 Å². The molecule has 4 aromatic rings. The maximum atomic E-state index is 13.4. The second-order valence-electron chi connectivity index (χ2n) is 11.3. The Morgan fingerprint density at radius 3 is 2.54 bits per heavy atom. The molecule has 1 aliphatic heterocycles. The first-order chi connectivity index (χ1) is 19.8. The van der Waals surface area contributed by atoms with Crippen LogP contribution in [-0.2, 0) is 10.0 Å². The molecule has 2 fully saturated rings. The summed E-state index contributed by atoms with van der Waals surface area (Å²) in [5.74, 6) is 1.75. The minimum absolute atomic E-state index is 0.324. The van der Waals surface area contributed by atoms with Crippen LogP contribution < -0.4 is 20.1 Å². The van der Waals surface area contributed by atoms with Crippen molar-refractivity contribution >= 4 is 32.3 Å². The highest BCUT2D eigenvalue weighted by molar-refractivity contribution is 7.94. The van der Waals surface area contributed by atoms with Crippen molar-refractivity contribution in [3.8, 4) is 22.9 Å². The topological polar surface area (TPSA) is 118 Å². The average Bonchev–Trinajstić information content (AvgIpc) is 3.44. The smallest absolute Gasteiger partial charge is 0.246 e. The third-order valence-electron chi connectivity index (χ3n) is 8.28. The lowest BCUT2D eigenvalue weighted by Gasteiger charge is -2.25. The highest BCUT2D eigenvalue weighted by atomic mass is 32.2. The van der Waals surface area contributed by atoms with E-state index in [1.54, 1.807) is 18.6 Å². The predicted octanol–water partition coefficient (Wildman–Crippen LogP) is 6.03. The van der Waals surface area contributed by atoms with Crippen LogP contribution >= 0.6 is 0 Å². The summed E-state index contributed by atoms with van der Waals surface area (Å²) in [7, 11) is -3.58. The van der Waals surface area contributed by atoms with E-state index in [0.29, 0.717) is 41.9 Å². The lowest BCUT2D eigenvalue weighted by molar-refractivity contribution is 0.464. The van der Waals surface area contributed by atoms with Gasteiger partial charge in [0, 0.05) is 47.5 Å². The van der Waals surface area contributed by atoms with Gasteiger partial charge in [0.1, 0.15) is 17.3 Å². The summed E-state index contributed by atoms with van der Waals surface area (Å²) in [4.78, 5) is 13.7. The Hall–Kier alpha value is -3.76. The van der Waals surface area contributed by atoms with E-state index in [1.807, 2.05) is 56.3 Å². The van der Waals surface area contributed by atoms with E-state index in [0.717, 1.165) is 66.5 Å². The summed E-state index contributed by atoms with van der Waals surface area (Å²) in [5.41, 5.74) is 2.78. The Morgan fingerprint density at radius 1 is 0.976 bits per heavy atom. The molecule has 10 heteroatoms. The Kier molecular flexibility index (Phi) is 7.52. The van der Waals surface area contributed by atoms with Gasteiger partial charge in [-0.2, -0.15) is 0 Å². The molecule has 6 rings (SSSR count). The molecule has 9 nitrogen and oxygen atoms in total. The maximum Gasteiger partial charge on any atom is 0.246 e. The van der Waals surface area contributed by atoms with Gasteiger partial charge in [-0.25, -0.2) is 23.4 Å². The molecule has 2 aromatic heterocycles. The molecule has 2 aromatic carbocycles. The fraction of sp³-hybridized carbons (Fsp3) is 0.387. The van der Waals surface area contributed by atoms with E-state index in [4.69, 9.17) is 4.74 Å². The molecule has 0 bridgehead atoms. The molecule has 1 saturated heterocycles. The molecular weight excluding hydrogens is 536 g/mol. The number of nitrogens with one attached hydrogen (secondary N) is 3. The average molecular weight is 573 g/mol. The molecule has 1 aliphatic carbocycles. The molecule has 1 atom stereocenters. The monoisotopic (exact) mass is 572 g/mol. The van der Waals surface area contributed by atoms with E-state index in [1.165, 1.54) is 0 Å². The zero-order valence-electron chi connectivity index (χ0n) is 23.5. The lowest BCUT2D eigenvalue weighted by Crippen LogP contribution is -2.38. The molecule has 2 aliphatic rings. The maximum absolute atomic E-state index is 13.4. The number of pyridine rings is 1. The van der Waals surface area contributed by atoms with Crippen molar-refractivity contribution in [2.45, 2.75) is 63.2 Å². The van der Waals surface area contributed by atoms with Crippen LogP contribution in [0.1, 0.15) is 51.0 Å². The summed E-state index contributed by atoms with van der Waals surface area (Å²) in [6.45, 7) is 5.71. The Labute approximate surface area is 241 Å². The predicted molar refractivity (Wildman–Crippen MR) is 163 cm³/mol. The van der Waals surface area contributed by atoms with Crippen LogP contribution in [0.2, 0.25) is 0 Å². The van der Waals surface area contributed by atoms with Crippen LogP contribution in [0.5, 0.6) is 11.6 Å². The normalized spacial score (nSPS) is 18.7. The number of aryl methyl sites for hydroxylation is 1. The van der Waals surface area contributed by atoms with Gasteiger partial charge < -0.3 is 15.4 Å². The first-order valence-corrected chi connectivity index (χ1v) is 15.8. The number of aromatic nitrogens is 3. The SMILES string of the molecule is Cc1cc(NS(=O)(=O)C2(C)CCCC2)c2ccccc2c1Oc1nccnc1-c1ccnc(NC2CCCNC2)c1. The van der Waals surface area contributed by atoms with Crippen molar-refractivity contribution in [1.82, 2.24) is 20.3 Å². The van der Waals surface area contributed by atoms with Crippen molar-refractivity contribution in [3.05, 3.63) is 66.6 Å². The minimum atomic E-state index is -3.58. The fourth-order valence-electron chi connectivity index (χ4n) is 5.90. The van der Waals surface area contributed by atoms with Crippen molar-refractivity contribution in [2.24, 2.45) is 0 Å². The van der Waals surface area contributed by atoms with Crippen molar-refractivity contribution in [3.63, 3.8) is 0 Å².